The number of carbonyl (C=O) groups is 1. The minimum Gasteiger partial charge on any atom is -0.481 e. The molecule has 2 heterocycles. The highest BCUT2D eigenvalue weighted by Gasteiger charge is 2.34. The molecule has 1 saturated heterocycles. The molecule has 1 N–H and O–H groups in total. The number of anilines is 1. The van der Waals surface area contributed by atoms with Crippen LogP contribution >= 0.6 is 11.3 Å². The van der Waals surface area contributed by atoms with Crippen molar-refractivity contribution in [2.75, 3.05) is 31.6 Å². The number of rotatable bonds is 3. The van der Waals surface area contributed by atoms with Crippen molar-refractivity contribution in [1.29, 1.82) is 0 Å². The van der Waals surface area contributed by atoms with Crippen molar-refractivity contribution in [2.45, 2.75) is 38.1 Å². The van der Waals surface area contributed by atoms with Gasteiger partial charge in [-0.15, -0.1) is 11.3 Å². The molecule has 20 heavy (non-hydrogen) atoms. The lowest BCUT2D eigenvalue weighted by molar-refractivity contribution is -0.138. The molecule has 1 fully saturated rings. The number of piperazine rings is 1. The van der Waals surface area contributed by atoms with Crippen molar-refractivity contribution in [3.63, 3.8) is 0 Å². The van der Waals surface area contributed by atoms with E-state index in [1.54, 1.807) is 11.3 Å². The number of nitrogens with zero attached hydrogens (tertiary/aromatic N) is 3. The van der Waals surface area contributed by atoms with Crippen molar-refractivity contribution in [2.24, 2.45) is 0 Å². The molecule has 2 aliphatic rings. The summed E-state index contributed by atoms with van der Waals surface area (Å²) < 4.78 is 0. The van der Waals surface area contributed by atoms with Crippen LogP contribution in [0.3, 0.4) is 0 Å². The molecule has 1 aliphatic heterocycles. The Morgan fingerprint density at radius 1 is 1.50 bits per heavy atom. The third-order valence-electron chi connectivity index (χ3n) is 4.52. The molecule has 0 aromatic carbocycles. The first-order valence-corrected chi connectivity index (χ1v) is 8.09. The van der Waals surface area contributed by atoms with E-state index in [1.165, 1.54) is 4.88 Å². The molecule has 0 radical (unpaired) electrons. The Labute approximate surface area is 123 Å². The molecule has 2 atom stereocenters. The summed E-state index contributed by atoms with van der Waals surface area (Å²) in [6, 6.07) is 0.567. The van der Waals surface area contributed by atoms with Crippen molar-refractivity contribution in [1.82, 2.24) is 9.88 Å². The van der Waals surface area contributed by atoms with Crippen LogP contribution in [0.25, 0.3) is 0 Å². The maximum absolute atomic E-state index is 11.2. The average Bonchev–Trinajstić information content (AvgIpc) is 2.98. The van der Waals surface area contributed by atoms with Gasteiger partial charge in [0.25, 0.3) is 0 Å². The average molecular weight is 295 g/mol. The highest BCUT2D eigenvalue weighted by atomic mass is 32.1. The standard InChI is InChI=1S/C14H21N3O2S/c1-3-9-8-17(7-6-16(9)2)14-15-12-10(13(18)19)4-5-11(12)20-14/h9-10H,3-8H2,1-2H3,(H,18,19). The normalized spacial score (nSPS) is 26.8. The number of aryl methyl sites for hydroxylation is 1. The second-order valence-electron chi connectivity index (χ2n) is 5.72. The van der Waals surface area contributed by atoms with Gasteiger partial charge in [-0.3, -0.25) is 9.69 Å². The lowest BCUT2D eigenvalue weighted by atomic mass is 10.1. The van der Waals surface area contributed by atoms with Gasteiger partial charge in [0.05, 0.1) is 5.69 Å². The minimum absolute atomic E-state index is 0.385. The number of hydrogen-bond acceptors (Lipinski definition) is 5. The van der Waals surface area contributed by atoms with Crippen LogP contribution in [-0.2, 0) is 11.2 Å². The summed E-state index contributed by atoms with van der Waals surface area (Å²) in [5.74, 6) is -1.12. The predicted octanol–water partition coefficient (Wildman–Crippen LogP) is 1.79. The van der Waals surface area contributed by atoms with Crippen LogP contribution in [0.2, 0.25) is 0 Å². The third-order valence-corrected chi connectivity index (χ3v) is 5.72. The van der Waals surface area contributed by atoms with Crippen LogP contribution < -0.4 is 4.90 Å². The van der Waals surface area contributed by atoms with Crippen LogP contribution in [0.15, 0.2) is 0 Å². The molecule has 6 heteroatoms. The van der Waals surface area contributed by atoms with E-state index in [4.69, 9.17) is 0 Å². The van der Waals surface area contributed by atoms with E-state index >= 15 is 0 Å². The van der Waals surface area contributed by atoms with Gasteiger partial charge in [-0.2, -0.15) is 0 Å². The molecule has 1 aliphatic carbocycles. The van der Waals surface area contributed by atoms with Gasteiger partial charge in [0.2, 0.25) is 0 Å². The summed E-state index contributed by atoms with van der Waals surface area (Å²) in [4.78, 5) is 21.8. The second-order valence-corrected chi connectivity index (χ2v) is 6.79. The van der Waals surface area contributed by atoms with Crippen molar-refractivity contribution in [3.8, 4) is 0 Å². The summed E-state index contributed by atoms with van der Waals surface area (Å²) in [6.07, 6.45) is 2.72. The Hall–Kier alpha value is -1.14. The minimum atomic E-state index is -0.731. The largest absolute Gasteiger partial charge is 0.481 e. The highest BCUT2D eigenvalue weighted by molar-refractivity contribution is 7.15. The molecule has 5 nitrogen and oxygen atoms in total. The summed E-state index contributed by atoms with van der Waals surface area (Å²) in [5, 5.41) is 10.3. The highest BCUT2D eigenvalue weighted by Crippen LogP contribution is 2.40. The Morgan fingerprint density at radius 3 is 3.00 bits per heavy atom. The van der Waals surface area contributed by atoms with Crippen LogP contribution in [0.4, 0.5) is 5.13 Å². The zero-order valence-corrected chi connectivity index (χ0v) is 12.8. The lowest BCUT2D eigenvalue weighted by Crippen LogP contribution is -2.51. The number of carboxylic acids is 1. The molecule has 0 amide bonds. The second kappa shape index (κ2) is 5.33. The van der Waals surface area contributed by atoms with Crippen molar-refractivity contribution < 1.29 is 9.90 Å². The quantitative estimate of drug-likeness (QED) is 0.921. The van der Waals surface area contributed by atoms with Crippen LogP contribution in [-0.4, -0.2) is 53.7 Å². The van der Waals surface area contributed by atoms with E-state index < -0.39 is 5.97 Å². The van der Waals surface area contributed by atoms with E-state index in [-0.39, 0.29) is 5.92 Å². The summed E-state index contributed by atoms with van der Waals surface area (Å²) in [7, 11) is 2.17. The zero-order valence-electron chi connectivity index (χ0n) is 12.0. The Morgan fingerprint density at radius 2 is 2.30 bits per heavy atom. The molecule has 0 saturated carbocycles. The topological polar surface area (TPSA) is 56.7 Å². The first-order chi connectivity index (χ1) is 9.60. The number of likely N-dealkylation sites (N-methyl/N-ethyl adjacent to an activating group) is 1. The first-order valence-electron chi connectivity index (χ1n) is 7.27. The fraction of sp³-hybridized carbons (Fsp3) is 0.714. The van der Waals surface area contributed by atoms with Gasteiger partial charge in [0, 0.05) is 30.6 Å². The number of aromatic nitrogens is 1. The van der Waals surface area contributed by atoms with Gasteiger partial charge in [0.15, 0.2) is 5.13 Å². The molecule has 1 aromatic rings. The van der Waals surface area contributed by atoms with Gasteiger partial charge < -0.3 is 10.0 Å². The molecule has 3 rings (SSSR count). The van der Waals surface area contributed by atoms with Crippen LogP contribution in [0, 0.1) is 0 Å². The van der Waals surface area contributed by atoms with E-state index in [2.05, 4.69) is 28.8 Å². The number of aliphatic carboxylic acids is 1. The summed E-state index contributed by atoms with van der Waals surface area (Å²) in [5.41, 5.74) is 0.824. The van der Waals surface area contributed by atoms with E-state index in [1.807, 2.05) is 0 Å². The molecule has 1 aromatic heterocycles. The molecular weight excluding hydrogens is 274 g/mol. The number of thiazole rings is 1. The van der Waals surface area contributed by atoms with Gasteiger partial charge in [-0.1, -0.05) is 6.92 Å². The summed E-state index contributed by atoms with van der Waals surface area (Å²) in [6.45, 7) is 5.24. The SMILES string of the molecule is CCC1CN(c2nc3c(s2)CCC3C(=O)O)CCN1C. The van der Waals surface area contributed by atoms with E-state index in [0.29, 0.717) is 12.5 Å². The van der Waals surface area contributed by atoms with Crippen LogP contribution in [0.5, 0.6) is 0 Å². The predicted molar refractivity (Wildman–Crippen MR) is 79.7 cm³/mol. The Bertz CT molecular complexity index is 517. The third kappa shape index (κ3) is 2.31. The Balaban J connectivity index is 1.79. The fourth-order valence-electron chi connectivity index (χ4n) is 3.15. The maximum atomic E-state index is 11.2. The zero-order chi connectivity index (χ0) is 14.3. The molecule has 2 unspecified atom stereocenters. The monoisotopic (exact) mass is 295 g/mol. The maximum Gasteiger partial charge on any atom is 0.312 e. The molecule has 0 spiro atoms. The lowest BCUT2D eigenvalue weighted by Gasteiger charge is -2.39. The van der Waals surface area contributed by atoms with Crippen molar-refractivity contribution >= 4 is 22.4 Å². The van der Waals surface area contributed by atoms with Crippen molar-refractivity contribution in [3.05, 3.63) is 10.6 Å². The van der Waals surface area contributed by atoms with Gasteiger partial charge in [-0.25, -0.2) is 4.98 Å². The van der Waals surface area contributed by atoms with Crippen LogP contribution in [0.1, 0.15) is 36.3 Å². The molecule has 0 bridgehead atoms. The molecular formula is C14H21N3O2S. The van der Waals surface area contributed by atoms with E-state index in [9.17, 15) is 9.90 Å². The van der Waals surface area contributed by atoms with Gasteiger partial charge >= 0.3 is 5.97 Å². The van der Waals surface area contributed by atoms with Gasteiger partial charge in [-0.05, 0) is 26.3 Å². The number of carboxylic acid groups (broad SMARTS) is 1. The first kappa shape index (κ1) is 13.8. The smallest absolute Gasteiger partial charge is 0.312 e. The number of hydrogen-bond donors (Lipinski definition) is 1. The Kier molecular flexibility index (Phi) is 3.69. The molecule has 110 valence electrons. The number of fused-ring (bicyclic) bond motifs is 1. The van der Waals surface area contributed by atoms with E-state index in [0.717, 1.165) is 43.3 Å². The summed E-state index contributed by atoms with van der Waals surface area (Å²) >= 11 is 1.70. The van der Waals surface area contributed by atoms with Gasteiger partial charge in [0.1, 0.15) is 5.92 Å². The fourth-order valence-corrected chi connectivity index (χ4v) is 4.32.